The molecule has 0 aromatic heterocycles. The number of thiocarbonyl (C=S) groups is 1. The smallest absolute Gasteiger partial charge is 0.276 e. The molecule has 1 saturated heterocycles. The summed E-state index contributed by atoms with van der Waals surface area (Å²) in [6, 6.07) is 10.7. The monoisotopic (exact) mass is 440 g/mol. The molecule has 0 bridgehead atoms. The van der Waals surface area contributed by atoms with Gasteiger partial charge in [0.05, 0.1) is 10.0 Å². The van der Waals surface area contributed by atoms with Crippen LogP contribution in [0.1, 0.15) is 18.1 Å². The summed E-state index contributed by atoms with van der Waals surface area (Å²) in [4.78, 5) is 13.8. The molecular formula is C19H15Cl3N2O2S. The molecule has 0 spiro atoms. The standard InChI is InChI=1S/C19H15Cl3N2O2S/c1-2-24-18(25)16(23-19(24)27)9-11-7-14(21)17(15(22)8-11)26-10-12-5-3-4-6-13(12)20/h3-9H,2,10H2,1H3,(H,23,27). The maximum atomic E-state index is 12.3. The third-order valence-electron chi connectivity index (χ3n) is 3.94. The Morgan fingerprint density at radius 3 is 2.41 bits per heavy atom. The Morgan fingerprint density at radius 1 is 1.15 bits per heavy atom. The average molecular weight is 442 g/mol. The minimum absolute atomic E-state index is 0.186. The zero-order valence-electron chi connectivity index (χ0n) is 14.3. The van der Waals surface area contributed by atoms with Crippen molar-refractivity contribution in [2.24, 2.45) is 0 Å². The summed E-state index contributed by atoms with van der Waals surface area (Å²) in [5, 5.41) is 4.55. The number of benzene rings is 2. The predicted molar refractivity (Wildman–Crippen MR) is 113 cm³/mol. The van der Waals surface area contributed by atoms with E-state index in [-0.39, 0.29) is 12.5 Å². The van der Waals surface area contributed by atoms with Gasteiger partial charge in [0.2, 0.25) is 0 Å². The van der Waals surface area contributed by atoms with Gasteiger partial charge in [0.1, 0.15) is 12.3 Å². The number of halogens is 3. The second-order valence-electron chi connectivity index (χ2n) is 5.73. The van der Waals surface area contributed by atoms with Gasteiger partial charge in [-0.1, -0.05) is 53.0 Å². The Labute approximate surface area is 177 Å². The van der Waals surface area contributed by atoms with Gasteiger partial charge in [0, 0.05) is 17.1 Å². The van der Waals surface area contributed by atoms with Crippen LogP contribution in [0.4, 0.5) is 0 Å². The molecule has 3 rings (SSSR count). The molecule has 4 nitrogen and oxygen atoms in total. The lowest BCUT2D eigenvalue weighted by Crippen LogP contribution is -2.30. The molecule has 2 aromatic carbocycles. The Kier molecular flexibility index (Phi) is 6.27. The van der Waals surface area contributed by atoms with Crippen molar-refractivity contribution in [1.82, 2.24) is 10.2 Å². The Bertz CT molecular complexity index is 923. The Hall–Kier alpha value is -1.79. The van der Waals surface area contributed by atoms with E-state index in [4.69, 9.17) is 51.8 Å². The molecule has 0 unspecified atom stereocenters. The van der Waals surface area contributed by atoms with Gasteiger partial charge in [0.25, 0.3) is 5.91 Å². The highest BCUT2D eigenvalue weighted by Gasteiger charge is 2.29. The zero-order valence-corrected chi connectivity index (χ0v) is 17.3. The summed E-state index contributed by atoms with van der Waals surface area (Å²) in [5.41, 5.74) is 1.86. The summed E-state index contributed by atoms with van der Waals surface area (Å²) in [6.45, 7) is 2.59. The molecular weight excluding hydrogens is 427 g/mol. The molecule has 0 saturated carbocycles. The number of hydrogen-bond acceptors (Lipinski definition) is 3. The quantitative estimate of drug-likeness (QED) is 0.505. The number of ether oxygens (including phenoxy) is 1. The van der Waals surface area contributed by atoms with Crippen molar-refractivity contribution in [3.05, 3.63) is 68.3 Å². The van der Waals surface area contributed by atoms with Crippen LogP contribution in [0.15, 0.2) is 42.1 Å². The van der Waals surface area contributed by atoms with Crippen LogP contribution >= 0.6 is 47.0 Å². The van der Waals surface area contributed by atoms with Gasteiger partial charge < -0.3 is 10.1 Å². The number of amides is 1. The van der Waals surface area contributed by atoms with Crippen molar-refractivity contribution in [3.8, 4) is 5.75 Å². The van der Waals surface area contributed by atoms with E-state index in [1.165, 1.54) is 4.90 Å². The number of carbonyl (C=O) groups excluding carboxylic acids is 1. The first-order valence-electron chi connectivity index (χ1n) is 8.10. The first-order valence-corrected chi connectivity index (χ1v) is 9.64. The van der Waals surface area contributed by atoms with E-state index in [1.54, 1.807) is 24.3 Å². The van der Waals surface area contributed by atoms with E-state index in [0.717, 1.165) is 5.56 Å². The fraction of sp³-hybridized carbons (Fsp3) is 0.158. The summed E-state index contributed by atoms with van der Waals surface area (Å²) >= 11 is 23.9. The lowest BCUT2D eigenvalue weighted by molar-refractivity contribution is -0.122. The number of carbonyl (C=O) groups is 1. The highest BCUT2D eigenvalue weighted by atomic mass is 35.5. The SMILES string of the molecule is CCN1C(=O)C(=Cc2cc(Cl)c(OCc3ccccc3Cl)c(Cl)c2)NC1=S. The maximum Gasteiger partial charge on any atom is 0.276 e. The molecule has 8 heteroatoms. The molecule has 0 atom stereocenters. The van der Waals surface area contributed by atoms with Gasteiger partial charge in [-0.05, 0) is 49.0 Å². The van der Waals surface area contributed by atoms with Crippen molar-refractivity contribution in [1.29, 1.82) is 0 Å². The van der Waals surface area contributed by atoms with Gasteiger partial charge in [-0.15, -0.1) is 0 Å². The minimum atomic E-state index is -0.186. The van der Waals surface area contributed by atoms with Crippen molar-refractivity contribution in [2.45, 2.75) is 13.5 Å². The van der Waals surface area contributed by atoms with E-state index in [2.05, 4.69) is 5.32 Å². The van der Waals surface area contributed by atoms with Crippen LogP contribution in [0.5, 0.6) is 5.75 Å². The normalized spacial score (nSPS) is 15.4. The van der Waals surface area contributed by atoms with Crippen LogP contribution < -0.4 is 10.1 Å². The van der Waals surface area contributed by atoms with E-state index in [9.17, 15) is 4.79 Å². The van der Waals surface area contributed by atoms with Crippen LogP contribution in [0.3, 0.4) is 0 Å². The maximum absolute atomic E-state index is 12.3. The van der Waals surface area contributed by atoms with E-state index in [0.29, 0.717) is 43.7 Å². The fourth-order valence-electron chi connectivity index (χ4n) is 2.59. The van der Waals surface area contributed by atoms with Gasteiger partial charge in [-0.25, -0.2) is 0 Å². The lowest BCUT2D eigenvalue weighted by Gasteiger charge is -2.12. The van der Waals surface area contributed by atoms with Crippen molar-refractivity contribution < 1.29 is 9.53 Å². The number of nitrogens with zero attached hydrogens (tertiary/aromatic N) is 1. The molecule has 27 heavy (non-hydrogen) atoms. The molecule has 1 N–H and O–H groups in total. The number of rotatable bonds is 5. The zero-order chi connectivity index (χ0) is 19.6. The van der Waals surface area contributed by atoms with Crippen LogP contribution in [0, 0.1) is 0 Å². The Morgan fingerprint density at radius 2 is 1.81 bits per heavy atom. The average Bonchev–Trinajstić information content (AvgIpc) is 2.88. The third-order valence-corrected chi connectivity index (χ3v) is 5.19. The Balaban J connectivity index is 1.81. The van der Waals surface area contributed by atoms with Gasteiger partial charge >= 0.3 is 0 Å². The first-order chi connectivity index (χ1) is 12.9. The molecule has 1 aliphatic rings. The highest BCUT2D eigenvalue weighted by molar-refractivity contribution is 7.80. The summed E-state index contributed by atoms with van der Waals surface area (Å²) < 4.78 is 5.75. The molecule has 1 amide bonds. The van der Waals surface area contributed by atoms with Gasteiger partial charge in [-0.2, -0.15) is 0 Å². The van der Waals surface area contributed by atoms with Crippen LogP contribution in [-0.2, 0) is 11.4 Å². The predicted octanol–water partition coefficient (Wildman–Crippen LogP) is 5.30. The van der Waals surface area contributed by atoms with E-state index >= 15 is 0 Å². The second-order valence-corrected chi connectivity index (χ2v) is 7.34. The molecule has 1 fully saturated rings. The molecule has 1 aliphatic heterocycles. The topological polar surface area (TPSA) is 41.6 Å². The lowest BCUT2D eigenvalue weighted by atomic mass is 10.1. The van der Waals surface area contributed by atoms with Crippen molar-refractivity contribution in [2.75, 3.05) is 6.54 Å². The van der Waals surface area contributed by atoms with Crippen molar-refractivity contribution >= 4 is 64.1 Å². The number of likely N-dealkylation sites (N-methyl/N-ethyl adjacent to an activating group) is 1. The van der Waals surface area contributed by atoms with E-state index in [1.807, 2.05) is 25.1 Å². The number of hydrogen-bond donors (Lipinski definition) is 1. The molecule has 2 aromatic rings. The highest BCUT2D eigenvalue weighted by Crippen LogP contribution is 2.36. The van der Waals surface area contributed by atoms with Gasteiger partial charge in [-0.3, -0.25) is 9.69 Å². The van der Waals surface area contributed by atoms with Crippen LogP contribution in [-0.4, -0.2) is 22.5 Å². The molecule has 0 radical (unpaired) electrons. The molecule has 140 valence electrons. The van der Waals surface area contributed by atoms with Crippen LogP contribution in [0.25, 0.3) is 6.08 Å². The van der Waals surface area contributed by atoms with Crippen molar-refractivity contribution in [3.63, 3.8) is 0 Å². The first kappa shape index (κ1) is 20.0. The largest absolute Gasteiger partial charge is 0.486 e. The summed E-state index contributed by atoms with van der Waals surface area (Å²) in [7, 11) is 0. The van der Waals surface area contributed by atoms with Gasteiger partial charge in [0.15, 0.2) is 10.9 Å². The van der Waals surface area contributed by atoms with E-state index < -0.39 is 0 Å². The minimum Gasteiger partial charge on any atom is -0.486 e. The summed E-state index contributed by atoms with van der Waals surface area (Å²) in [5.74, 6) is 0.172. The molecule has 1 heterocycles. The van der Waals surface area contributed by atoms with Crippen LogP contribution in [0.2, 0.25) is 15.1 Å². The third kappa shape index (κ3) is 4.38. The fourth-order valence-corrected chi connectivity index (χ4v) is 3.72. The summed E-state index contributed by atoms with van der Waals surface area (Å²) in [6.07, 6.45) is 1.65. The second kappa shape index (κ2) is 8.48. The number of nitrogens with one attached hydrogen (secondary N) is 1. The molecule has 0 aliphatic carbocycles.